The summed E-state index contributed by atoms with van der Waals surface area (Å²) < 4.78 is 0. The minimum Gasteiger partial charge on any atom is -0.368 e. The standard InChI is InChI=1S/C15H23N/c1-11(2)16-10-13(15(3,4)5)12-8-6-7-9-14(12)16/h6-9,11,13H,10H2,1-5H3. The second-order valence-corrected chi connectivity index (χ2v) is 6.22. The number of nitrogens with zero attached hydrogens (tertiary/aromatic N) is 1. The van der Waals surface area contributed by atoms with Crippen molar-refractivity contribution in [2.45, 2.75) is 46.6 Å². The van der Waals surface area contributed by atoms with E-state index < -0.39 is 0 Å². The van der Waals surface area contributed by atoms with E-state index in [9.17, 15) is 0 Å². The van der Waals surface area contributed by atoms with Crippen LogP contribution in [0.15, 0.2) is 24.3 Å². The van der Waals surface area contributed by atoms with Crippen molar-refractivity contribution in [3.05, 3.63) is 29.8 Å². The van der Waals surface area contributed by atoms with E-state index in [0.29, 0.717) is 17.4 Å². The first kappa shape index (κ1) is 11.5. The Labute approximate surface area is 99.5 Å². The molecule has 0 fully saturated rings. The molecule has 16 heavy (non-hydrogen) atoms. The second kappa shape index (κ2) is 3.80. The Balaban J connectivity index is 2.43. The second-order valence-electron chi connectivity index (χ2n) is 6.22. The molecule has 0 saturated carbocycles. The molecule has 1 heteroatoms. The van der Waals surface area contributed by atoms with Gasteiger partial charge in [0.1, 0.15) is 0 Å². The van der Waals surface area contributed by atoms with E-state index in [0.717, 1.165) is 0 Å². The topological polar surface area (TPSA) is 3.24 Å². The van der Waals surface area contributed by atoms with Gasteiger partial charge in [-0.25, -0.2) is 0 Å². The fraction of sp³-hybridized carbons (Fsp3) is 0.600. The number of para-hydroxylation sites is 1. The molecule has 88 valence electrons. The predicted molar refractivity (Wildman–Crippen MR) is 71.1 cm³/mol. The quantitative estimate of drug-likeness (QED) is 0.686. The molecular weight excluding hydrogens is 194 g/mol. The van der Waals surface area contributed by atoms with Gasteiger partial charge in [-0.3, -0.25) is 0 Å². The Hall–Kier alpha value is -0.980. The van der Waals surface area contributed by atoms with E-state index in [-0.39, 0.29) is 0 Å². The van der Waals surface area contributed by atoms with E-state index in [4.69, 9.17) is 0 Å². The van der Waals surface area contributed by atoms with Crippen LogP contribution in [-0.2, 0) is 0 Å². The summed E-state index contributed by atoms with van der Waals surface area (Å²) in [4.78, 5) is 2.53. The van der Waals surface area contributed by atoms with E-state index in [1.54, 1.807) is 0 Å². The molecule has 0 amide bonds. The lowest BCUT2D eigenvalue weighted by Gasteiger charge is -2.29. The predicted octanol–water partition coefficient (Wildman–Crippen LogP) is 4.04. The summed E-state index contributed by atoms with van der Waals surface area (Å²) in [7, 11) is 0. The first-order valence-corrected chi connectivity index (χ1v) is 6.27. The molecule has 1 aliphatic heterocycles. The van der Waals surface area contributed by atoms with Crippen molar-refractivity contribution in [2.75, 3.05) is 11.4 Å². The molecule has 0 spiro atoms. The molecule has 1 unspecified atom stereocenters. The van der Waals surface area contributed by atoms with Crippen LogP contribution in [0.5, 0.6) is 0 Å². The van der Waals surface area contributed by atoms with Crippen LogP contribution in [0.25, 0.3) is 0 Å². The highest BCUT2D eigenvalue weighted by molar-refractivity contribution is 5.61. The molecule has 1 atom stereocenters. The molecular formula is C15H23N. The third-order valence-electron chi connectivity index (χ3n) is 3.67. The first-order valence-electron chi connectivity index (χ1n) is 6.27. The summed E-state index contributed by atoms with van der Waals surface area (Å²) in [5.41, 5.74) is 3.32. The molecule has 1 aliphatic rings. The van der Waals surface area contributed by atoms with Crippen LogP contribution < -0.4 is 4.90 Å². The summed E-state index contributed by atoms with van der Waals surface area (Å²) in [6, 6.07) is 9.48. The summed E-state index contributed by atoms with van der Waals surface area (Å²) in [5.74, 6) is 0.658. The Morgan fingerprint density at radius 2 is 1.81 bits per heavy atom. The van der Waals surface area contributed by atoms with Crippen LogP contribution in [0.1, 0.15) is 46.1 Å². The zero-order valence-corrected chi connectivity index (χ0v) is 11.1. The number of anilines is 1. The van der Waals surface area contributed by atoms with Crippen LogP contribution in [-0.4, -0.2) is 12.6 Å². The van der Waals surface area contributed by atoms with E-state index in [1.165, 1.54) is 17.8 Å². The highest BCUT2D eigenvalue weighted by Gasteiger charge is 2.36. The molecule has 1 heterocycles. The largest absolute Gasteiger partial charge is 0.368 e. The lowest BCUT2D eigenvalue weighted by atomic mass is 9.78. The van der Waals surface area contributed by atoms with Crippen molar-refractivity contribution >= 4 is 5.69 Å². The maximum atomic E-state index is 2.53. The molecule has 0 aliphatic carbocycles. The molecule has 1 nitrogen and oxygen atoms in total. The van der Waals surface area contributed by atoms with Gasteiger partial charge in [0.2, 0.25) is 0 Å². The van der Waals surface area contributed by atoms with Gasteiger partial charge in [0.15, 0.2) is 0 Å². The van der Waals surface area contributed by atoms with Crippen molar-refractivity contribution in [2.24, 2.45) is 5.41 Å². The molecule has 2 rings (SSSR count). The maximum absolute atomic E-state index is 2.53. The fourth-order valence-electron chi connectivity index (χ4n) is 2.67. The summed E-state index contributed by atoms with van der Waals surface area (Å²) in [6.07, 6.45) is 0. The lowest BCUT2D eigenvalue weighted by molar-refractivity contribution is 0.330. The van der Waals surface area contributed by atoms with Crippen LogP contribution in [0, 0.1) is 5.41 Å². The highest BCUT2D eigenvalue weighted by atomic mass is 15.2. The van der Waals surface area contributed by atoms with Gasteiger partial charge in [-0.1, -0.05) is 39.0 Å². The molecule has 0 radical (unpaired) electrons. The smallest absolute Gasteiger partial charge is 0.0405 e. The van der Waals surface area contributed by atoms with Gasteiger partial charge in [0.25, 0.3) is 0 Å². The van der Waals surface area contributed by atoms with Gasteiger partial charge < -0.3 is 4.90 Å². The van der Waals surface area contributed by atoms with Crippen molar-refractivity contribution in [3.8, 4) is 0 Å². The molecule has 0 bridgehead atoms. The summed E-state index contributed by atoms with van der Waals surface area (Å²) >= 11 is 0. The molecule has 1 aromatic rings. The van der Waals surface area contributed by atoms with Crippen LogP contribution >= 0.6 is 0 Å². The Morgan fingerprint density at radius 1 is 1.19 bits per heavy atom. The Morgan fingerprint density at radius 3 is 2.38 bits per heavy atom. The molecule has 1 aromatic carbocycles. The molecule has 0 N–H and O–H groups in total. The van der Waals surface area contributed by atoms with Crippen molar-refractivity contribution < 1.29 is 0 Å². The van der Waals surface area contributed by atoms with Gasteiger partial charge in [-0.15, -0.1) is 0 Å². The Bertz CT molecular complexity index is 373. The van der Waals surface area contributed by atoms with Gasteiger partial charge in [-0.2, -0.15) is 0 Å². The van der Waals surface area contributed by atoms with E-state index in [2.05, 4.69) is 63.8 Å². The number of benzene rings is 1. The van der Waals surface area contributed by atoms with Crippen LogP contribution in [0.4, 0.5) is 5.69 Å². The number of hydrogen-bond acceptors (Lipinski definition) is 1. The van der Waals surface area contributed by atoms with Crippen LogP contribution in [0.3, 0.4) is 0 Å². The maximum Gasteiger partial charge on any atom is 0.0405 e. The fourth-order valence-corrected chi connectivity index (χ4v) is 2.67. The van der Waals surface area contributed by atoms with Crippen molar-refractivity contribution in [1.82, 2.24) is 0 Å². The van der Waals surface area contributed by atoms with Crippen LogP contribution in [0.2, 0.25) is 0 Å². The van der Waals surface area contributed by atoms with Crippen molar-refractivity contribution in [1.29, 1.82) is 0 Å². The van der Waals surface area contributed by atoms with Gasteiger partial charge in [-0.05, 0) is 30.9 Å². The van der Waals surface area contributed by atoms with Gasteiger partial charge in [0, 0.05) is 24.2 Å². The third kappa shape index (κ3) is 1.83. The summed E-state index contributed by atoms with van der Waals surface area (Å²) in [6.45, 7) is 12.8. The normalized spacial score (nSPS) is 20.4. The SMILES string of the molecule is CC(C)N1CC(C(C)(C)C)c2ccccc21. The molecule has 0 saturated heterocycles. The highest BCUT2D eigenvalue weighted by Crippen LogP contribution is 2.46. The monoisotopic (exact) mass is 217 g/mol. The number of rotatable bonds is 1. The average molecular weight is 217 g/mol. The lowest BCUT2D eigenvalue weighted by Crippen LogP contribution is -2.32. The summed E-state index contributed by atoms with van der Waals surface area (Å²) in [5, 5.41) is 0. The minimum absolute atomic E-state index is 0.347. The van der Waals surface area contributed by atoms with Gasteiger partial charge in [0.05, 0.1) is 0 Å². The Kier molecular flexibility index (Phi) is 2.73. The third-order valence-corrected chi connectivity index (χ3v) is 3.67. The van der Waals surface area contributed by atoms with E-state index in [1.807, 2.05) is 0 Å². The van der Waals surface area contributed by atoms with Gasteiger partial charge >= 0.3 is 0 Å². The zero-order valence-electron chi connectivity index (χ0n) is 11.1. The number of fused-ring (bicyclic) bond motifs is 1. The zero-order chi connectivity index (χ0) is 11.9. The molecule has 0 aromatic heterocycles. The van der Waals surface area contributed by atoms with Crippen molar-refractivity contribution in [3.63, 3.8) is 0 Å². The van der Waals surface area contributed by atoms with E-state index >= 15 is 0 Å². The first-order chi connectivity index (χ1) is 7.41. The average Bonchev–Trinajstić information content (AvgIpc) is 2.56. The number of hydrogen-bond donors (Lipinski definition) is 0. The minimum atomic E-state index is 0.347.